The van der Waals surface area contributed by atoms with Gasteiger partial charge in [0.1, 0.15) is 11.6 Å². The molecule has 5 rings (SSSR count). The highest BCUT2D eigenvalue weighted by Gasteiger charge is 2.76. The number of aliphatic hydroxyl groups is 1. The standard InChI is InChI=1S/C30H45N3O5/c1-5-16-31-17-10-14-29(6-2)23(26(31)35)24-27(36)33(22(19-34)20(3)4)25-28(37)32(21-12-8-7-9-13-21)18-11-15-30(24,25)38-29/h10-11,14-15,20-25,34H,5-9,12-13,16-19H2,1-4H3/t22-,23-,24-,25?,29+,30-/m0/s1. The first kappa shape index (κ1) is 27.4. The molecule has 0 radical (unpaired) electrons. The lowest BCUT2D eigenvalue weighted by Gasteiger charge is -2.43. The van der Waals surface area contributed by atoms with Gasteiger partial charge in [0.05, 0.1) is 30.1 Å². The fraction of sp³-hybridized carbons (Fsp3) is 0.767. The van der Waals surface area contributed by atoms with Crippen molar-refractivity contribution in [2.45, 2.75) is 102 Å². The molecule has 1 aliphatic carbocycles. The van der Waals surface area contributed by atoms with Gasteiger partial charge >= 0.3 is 0 Å². The fourth-order valence-electron chi connectivity index (χ4n) is 7.94. The van der Waals surface area contributed by atoms with Gasteiger partial charge in [-0.05, 0) is 31.6 Å². The van der Waals surface area contributed by atoms with Crippen LogP contribution in [0.2, 0.25) is 0 Å². The molecular weight excluding hydrogens is 482 g/mol. The van der Waals surface area contributed by atoms with Crippen molar-refractivity contribution in [1.29, 1.82) is 0 Å². The smallest absolute Gasteiger partial charge is 0.249 e. The first-order chi connectivity index (χ1) is 18.3. The van der Waals surface area contributed by atoms with Crippen molar-refractivity contribution in [3.63, 3.8) is 0 Å². The quantitative estimate of drug-likeness (QED) is 0.514. The summed E-state index contributed by atoms with van der Waals surface area (Å²) in [6.07, 6.45) is 14.5. The number of ether oxygens (including phenoxy) is 1. The number of hydrogen-bond acceptors (Lipinski definition) is 5. The van der Waals surface area contributed by atoms with Crippen LogP contribution in [0, 0.1) is 17.8 Å². The summed E-state index contributed by atoms with van der Waals surface area (Å²) in [6.45, 7) is 9.29. The Morgan fingerprint density at radius 1 is 0.974 bits per heavy atom. The Bertz CT molecular complexity index is 1000. The molecule has 8 heteroatoms. The third-order valence-corrected chi connectivity index (χ3v) is 9.82. The van der Waals surface area contributed by atoms with E-state index in [0.717, 1.165) is 32.1 Å². The summed E-state index contributed by atoms with van der Waals surface area (Å²) in [7, 11) is 0. The van der Waals surface area contributed by atoms with Crippen LogP contribution in [-0.4, -0.2) is 93.1 Å². The molecule has 38 heavy (non-hydrogen) atoms. The number of aliphatic hydroxyl groups excluding tert-OH is 1. The third-order valence-electron chi connectivity index (χ3n) is 9.82. The van der Waals surface area contributed by atoms with Crippen molar-refractivity contribution in [2.24, 2.45) is 17.8 Å². The zero-order valence-corrected chi connectivity index (χ0v) is 23.5. The van der Waals surface area contributed by atoms with E-state index in [1.165, 1.54) is 6.42 Å². The number of fused-ring (bicyclic) bond motifs is 2. The van der Waals surface area contributed by atoms with E-state index in [1.54, 1.807) is 4.90 Å². The fourth-order valence-corrected chi connectivity index (χ4v) is 7.94. The molecule has 0 aromatic rings. The van der Waals surface area contributed by atoms with Gasteiger partial charge in [-0.15, -0.1) is 0 Å². The van der Waals surface area contributed by atoms with E-state index in [9.17, 15) is 19.5 Å². The SMILES string of the molecule is CCCN1CC=C[C@@]2(CC)O[C@]34C=CCN(C5CCCCC5)C(=O)C3N([C@@H](CO)C(C)C)C(=O)[C@@H]4[C@H]2C1=O. The molecule has 4 heterocycles. The second-order valence-electron chi connectivity index (χ2n) is 12.2. The zero-order chi connectivity index (χ0) is 27.2. The van der Waals surface area contributed by atoms with E-state index < -0.39 is 35.1 Å². The molecule has 210 valence electrons. The average molecular weight is 528 g/mol. The Hall–Kier alpha value is -2.19. The van der Waals surface area contributed by atoms with Crippen LogP contribution in [0.15, 0.2) is 24.3 Å². The number of carbonyl (C=O) groups excluding carboxylic acids is 3. The summed E-state index contributed by atoms with van der Waals surface area (Å²) < 4.78 is 7.04. The van der Waals surface area contributed by atoms with Gasteiger partial charge in [0.2, 0.25) is 17.7 Å². The maximum Gasteiger partial charge on any atom is 0.249 e. The Morgan fingerprint density at radius 2 is 1.68 bits per heavy atom. The van der Waals surface area contributed by atoms with Crippen LogP contribution in [0.1, 0.15) is 72.6 Å². The maximum absolute atomic E-state index is 14.6. The molecule has 1 N–H and O–H groups in total. The molecular formula is C30H45N3O5. The van der Waals surface area contributed by atoms with Crippen LogP contribution in [0.4, 0.5) is 0 Å². The molecule has 2 saturated heterocycles. The van der Waals surface area contributed by atoms with Crippen molar-refractivity contribution in [2.75, 3.05) is 26.2 Å². The molecule has 1 unspecified atom stereocenters. The van der Waals surface area contributed by atoms with Gasteiger partial charge < -0.3 is 24.5 Å². The lowest BCUT2D eigenvalue weighted by Crippen LogP contribution is -2.61. The van der Waals surface area contributed by atoms with Crippen LogP contribution < -0.4 is 0 Å². The van der Waals surface area contributed by atoms with E-state index in [1.807, 2.05) is 61.8 Å². The van der Waals surface area contributed by atoms with Crippen molar-refractivity contribution in [1.82, 2.24) is 14.7 Å². The highest BCUT2D eigenvalue weighted by molar-refractivity contribution is 6.00. The van der Waals surface area contributed by atoms with Crippen molar-refractivity contribution in [3.05, 3.63) is 24.3 Å². The topological polar surface area (TPSA) is 90.4 Å². The summed E-state index contributed by atoms with van der Waals surface area (Å²) in [5.41, 5.74) is -2.21. The third kappa shape index (κ3) is 3.96. The highest BCUT2D eigenvalue weighted by atomic mass is 16.5. The van der Waals surface area contributed by atoms with Crippen LogP contribution >= 0.6 is 0 Å². The number of carbonyl (C=O) groups is 3. The second-order valence-corrected chi connectivity index (χ2v) is 12.2. The summed E-state index contributed by atoms with van der Waals surface area (Å²) in [5.74, 6) is -2.04. The summed E-state index contributed by atoms with van der Waals surface area (Å²) >= 11 is 0. The molecule has 0 aromatic heterocycles. The molecule has 5 aliphatic rings. The predicted molar refractivity (Wildman–Crippen MR) is 144 cm³/mol. The first-order valence-corrected chi connectivity index (χ1v) is 14.8. The van der Waals surface area contributed by atoms with Gasteiger partial charge in [-0.2, -0.15) is 0 Å². The molecule has 1 saturated carbocycles. The van der Waals surface area contributed by atoms with Crippen LogP contribution in [0.5, 0.6) is 0 Å². The van der Waals surface area contributed by atoms with E-state index in [2.05, 4.69) is 0 Å². The van der Waals surface area contributed by atoms with E-state index in [-0.39, 0.29) is 36.3 Å². The lowest BCUT2D eigenvalue weighted by molar-refractivity contribution is -0.159. The Balaban J connectivity index is 1.66. The Labute approximate surface area is 227 Å². The van der Waals surface area contributed by atoms with Crippen molar-refractivity contribution < 1.29 is 24.2 Å². The molecule has 0 bridgehead atoms. The van der Waals surface area contributed by atoms with Gasteiger partial charge in [-0.1, -0.05) is 71.3 Å². The van der Waals surface area contributed by atoms with Gasteiger partial charge in [0.25, 0.3) is 0 Å². The zero-order valence-electron chi connectivity index (χ0n) is 23.5. The maximum atomic E-state index is 14.6. The average Bonchev–Trinajstić information content (AvgIpc) is 3.20. The summed E-state index contributed by atoms with van der Waals surface area (Å²) in [5, 5.41) is 10.5. The predicted octanol–water partition coefficient (Wildman–Crippen LogP) is 2.90. The number of amides is 3. The van der Waals surface area contributed by atoms with Gasteiger partial charge in [0, 0.05) is 25.7 Å². The molecule has 6 atom stereocenters. The van der Waals surface area contributed by atoms with Crippen LogP contribution in [0.25, 0.3) is 0 Å². The minimum atomic E-state index is -1.25. The number of rotatable bonds is 7. The van der Waals surface area contributed by atoms with Gasteiger partial charge in [-0.25, -0.2) is 0 Å². The minimum absolute atomic E-state index is 0.0692. The lowest BCUT2D eigenvalue weighted by atomic mass is 9.73. The second kappa shape index (κ2) is 10.4. The monoisotopic (exact) mass is 527 g/mol. The van der Waals surface area contributed by atoms with Gasteiger partial charge in [0.15, 0.2) is 0 Å². The van der Waals surface area contributed by atoms with Gasteiger partial charge in [-0.3, -0.25) is 14.4 Å². The van der Waals surface area contributed by atoms with E-state index >= 15 is 0 Å². The number of likely N-dealkylation sites (tertiary alicyclic amines) is 1. The van der Waals surface area contributed by atoms with Crippen LogP contribution in [-0.2, 0) is 19.1 Å². The number of hydrogen-bond donors (Lipinski definition) is 1. The first-order valence-electron chi connectivity index (χ1n) is 14.8. The molecule has 3 amide bonds. The molecule has 4 aliphatic heterocycles. The molecule has 8 nitrogen and oxygen atoms in total. The Morgan fingerprint density at radius 3 is 2.32 bits per heavy atom. The van der Waals surface area contributed by atoms with E-state index in [0.29, 0.717) is 26.1 Å². The van der Waals surface area contributed by atoms with Crippen LogP contribution in [0.3, 0.4) is 0 Å². The minimum Gasteiger partial charge on any atom is -0.394 e. The largest absolute Gasteiger partial charge is 0.394 e. The summed E-state index contributed by atoms with van der Waals surface area (Å²) in [6, 6.07) is -1.31. The van der Waals surface area contributed by atoms with Crippen molar-refractivity contribution in [3.8, 4) is 0 Å². The molecule has 0 aromatic carbocycles. The molecule has 1 spiro atoms. The Kier molecular flexibility index (Phi) is 7.50. The van der Waals surface area contributed by atoms with Crippen molar-refractivity contribution >= 4 is 17.7 Å². The highest BCUT2D eigenvalue weighted by Crippen LogP contribution is 2.59. The normalized spacial score (nSPS) is 36.4. The molecule has 3 fully saturated rings. The van der Waals surface area contributed by atoms with E-state index in [4.69, 9.17) is 4.74 Å². The number of nitrogens with zero attached hydrogens (tertiary/aromatic N) is 3. The summed E-state index contributed by atoms with van der Waals surface area (Å²) in [4.78, 5) is 48.7.